The van der Waals surface area contributed by atoms with Gasteiger partial charge in [-0.25, -0.2) is 0 Å². The Morgan fingerprint density at radius 3 is 2.73 bits per heavy atom. The van der Waals surface area contributed by atoms with Crippen molar-refractivity contribution in [1.82, 2.24) is 10.2 Å². The van der Waals surface area contributed by atoms with Gasteiger partial charge >= 0.3 is 0 Å². The van der Waals surface area contributed by atoms with Gasteiger partial charge in [0.25, 0.3) is 5.91 Å². The van der Waals surface area contributed by atoms with Gasteiger partial charge in [0.15, 0.2) is 0 Å². The number of hydrogen-bond donors (Lipinski definition) is 2. The maximum atomic E-state index is 12.5. The van der Waals surface area contributed by atoms with E-state index in [1.165, 1.54) is 11.3 Å². The van der Waals surface area contributed by atoms with Gasteiger partial charge < -0.3 is 16.0 Å². The monoisotopic (exact) mass is 345 g/mol. The summed E-state index contributed by atoms with van der Waals surface area (Å²) in [6, 6.07) is 3.16. The molecular weight excluding hydrogens is 322 g/mol. The van der Waals surface area contributed by atoms with Crippen molar-refractivity contribution in [3.8, 4) is 0 Å². The Bertz CT molecular complexity index is 519. The molecule has 1 aromatic heterocycles. The average molecular weight is 346 g/mol. The molecule has 0 saturated carbocycles. The maximum Gasteiger partial charge on any atom is 0.261 e. The van der Waals surface area contributed by atoms with Gasteiger partial charge in [-0.2, -0.15) is 0 Å². The minimum Gasteiger partial charge on any atom is -0.340 e. The smallest absolute Gasteiger partial charge is 0.261 e. The molecule has 2 rings (SSSR count). The summed E-state index contributed by atoms with van der Waals surface area (Å²) >= 11 is 1.37. The number of piperidine rings is 1. The molecule has 1 aliphatic rings. The number of halogens is 1. The summed E-state index contributed by atoms with van der Waals surface area (Å²) in [5.74, 6) is -0.237. The zero-order chi connectivity index (χ0) is 15.6. The van der Waals surface area contributed by atoms with Crippen LogP contribution in [0.15, 0.2) is 17.5 Å². The molecule has 2 heterocycles. The molecule has 0 aromatic carbocycles. The number of likely N-dealkylation sites (tertiary alicyclic amines) is 1. The van der Waals surface area contributed by atoms with Crippen LogP contribution in [0, 0.1) is 5.41 Å². The van der Waals surface area contributed by atoms with Crippen molar-refractivity contribution < 1.29 is 9.59 Å². The van der Waals surface area contributed by atoms with Crippen LogP contribution in [0.3, 0.4) is 0 Å². The first-order valence-corrected chi connectivity index (χ1v) is 8.08. The van der Waals surface area contributed by atoms with Crippen molar-refractivity contribution in [2.24, 2.45) is 11.1 Å². The van der Waals surface area contributed by atoms with Crippen LogP contribution in [-0.2, 0) is 4.79 Å². The summed E-state index contributed by atoms with van der Waals surface area (Å²) in [5, 5.41) is 4.61. The fraction of sp³-hybridized carbons (Fsp3) is 0.600. The molecule has 1 aliphatic heterocycles. The minimum absolute atomic E-state index is 0. The highest BCUT2D eigenvalue weighted by atomic mass is 35.5. The minimum atomic E-state index is -0.523. The van der Waals surface area contributed by atoms with Crippen molar-refractivity contribution in [3.05, 3.63) is 22.4 Å². The van der Waals surface area contributed by atoms with E-state index in [2.05, 4.69) is 19.2 Å². The Balaban J connectivity index is 0.00000242. The van der Waals surface area contributed by atoms with Crippen LogP contribution in [-0.4, -0.2) is 41.9 Å². The van der Waals surface area contributed by atoms with Gasteiger partial charge in [-0.3, -0.25) is 9.59 Å². The lowest BCUT2D eigenvalue weighted by Crippen LogP contribution is -2.57. The van der Waals surface area contributed by atoms with Crippen molar-refractivity contribution in [1.29, 1.82) is 0 Å². The van der Waals surface area contributed by atoms with Gasteiger partial charge in [-0.15, -0.1) is 23.7 Å². The second-order valence-electron chi connectivity index (χ2n) is 6.32. The molecule has 0 spiro atoms. The van der Waals surface area contributed by atoms with E-state index >= 15 is 0 Å². The van der Waals surface area contributed by atoms with E-state index < -0.39 is 6.04 Å². The van der Waals surface area contributed by atoms with E-state index in [9.17, 15) is 9.59 Å². The van der Waals surface area contributed by atoms with Crippen molar-refractivity contribution in [2.75, 3.05) is 13.1 Å². The lowest BCUT2D eigenvalue weighted by atomic mass is 9.79. The molecule has 7 heteroatoms. The largest absolute Gasteiger partial charge is 0.340 e. The quantitative estimate of drug-likeness (QED) is 0.878. The molecule has 22 heavy (non-hydrogen) atoms. The van der Waals surface area contributed by atoms with Crippen molar-refractivity contribution in [3.63, 3.8) is 0 Å². The van der Waals surface area contributed by atoms with Crippen LogP contribution in [0.5, 0.6) is 0 Å². The van der Waals surface area contributed by atoms with E-state index in [0.29, 0.717) is 18.0 Å². The van der Waals surface area contributed by atoms with Gasteiger partial charge in [-0.05, 0) is 30.2 Å². The highest BCUT2D eigenvalue weighted by Crippen LogP contribution is 2.28. The molecular formula is C15H24ClN3O2S. The standard InChI is InChI=1S/C15H23N3O2S.ClH/c1-10(17-13(19)11-5-4-8-21-11)14(20)18-7-6-12(16)15(2,3)9-18;/h4-5,8,10,12H,6-7,9,16H2,1-3H3,(H,17,19);1H. The summed E-state index contributed by atoms with van der Waals surface area (Å²) in [6.07, 6.45) is 0.796. The van der Waals surface area contributed by atoms with Gasteiger partial charge in [0.05, 0.1) is 4.88 Å². The van der Waals surface area contributed by atoms with Gasteiger partial charge in [0.2, 0.25) is 5.91 Å². The maximum absolute atomic E-state index is 12.5. The van der Waals surface area contributed by atoms with Gasteiger partial charge in [-0.1, -0.05) is 19.9 Å². The molecule has 0 bridgehead atoms. The Hall–Kier alpha value is -1.11. The predicted octanol–water partition coefficient (Wildman–Crippen LogP) is 1.87. The topological polar surface area (TPSA) is 75.4 Å². The molecule has 1 saturated heterocycles. The van der Waals surface area contributed by atoms with Crippen LogP contribution in [0.1, 0.15) is 36.9 Å². The zero-order valence-electron chi connectivity index (χ0n) is 13.2. The first-order valence-electron chi connectivity index (χ1n) is 7.20. The average Bonchev–Trinajstić information content (AvgIpc) is 2.95. The lowest BCUT2D eigenvalue weighted by molar-refractivity contribution is -0.136. The zero-order valence-corrected chi connectivity index (χ0v) is 14.8. The number of rotatable bonds is 3. The first-order chi connectivity index (χ1) is 9.81. The third kappa shape index (κ3) is 4.21. The molecule has 1 fully saturated rings. The number of hydrogen-bond acceptors (Lipinski definition) is 4. The SMILES string of the molecule is CC(NC(=O)c1cccs1)C(=O)N1CCC(N)C(C)(C)C1.Cl. The number of amides is 2. The van der Waals surface area contributed by atoms with E-state index in [0.717, 1.165) is 6.42 Å². The molecule has 2 amide bonds. The second-order valence-corrected chi connectivity index (χ2v) is 7.26. The van der Waals surface area contributed by atoms with Crippen molar-refractivity contribution >= 4 is 35.6 Å². The fourth-order valence-electron chi connectivity index (χ4n) is 2.57. The van der Waals surface area contributed by atoms with Crippen LogP contribution in [0.2, 0.25) is 0 Å². The number of nitrogens with one attached hydrogen (secondary N) is 1. The van der Waals surface area contributed by atoms with Crippen LogP contribution in [0.25, 0.3) is 0 Å². The summed E-state index contributed by atoms with van der Waals surface area (Å²) in [6.45, 7) is 7.17. The number of nitrogens with two attached hydrogens (primary N) is 1. The van der Waals surface area contributed by atoms with Gasteiger partial charge in [0.1, 0.15) is 6.04 Å². The molecule has 2 atom stereocenters. The Labute approximate surface area is 141 Å². The van der Waals surface area contributed by atoms with Crippen LogP contribution < -0.4 is 11.1 Å². The molecule has 2 unspecified atom stereocenters. The number of carbonyl (C=O) groups excluding carboxylic acids is 2. The van der Waals surface area contributed by atoms with E-state index in [-0.39, 0.29) is 35.7 Å². The highest BCUT2D eigenvalue weighted by molar-refractivity contribution is 7.12. The van der Waals surface area contributed by atoms with Crippen LogP contribution >= 0.6 is 23.7 Å². The third-order valence-corrected chi connectivity index (χ3v) is 4.96. The number of carbonyl (C=O) groups is 2. The molecule has 0 aliphatic carbocycles. The van der Waals surface area contributed by atoms with E-state index in [4.69, 9.17) is 5.73 Å². The summed E-state index contributed by atoms with van der Waals surface area (Å²) in [7, 11) is 0. The van der Waals surface area contributed by atoms with Gasteiger partial charge in [0, 0.05) is 19.1 Å². The number of thiophene rings is 1. The van der Waals surface area contributed by atoms with Crippen molar-refractivity contribution in [2.45, 2.75) is 39.3 Å². The predicted molar refractivity (Wildman–Crippen MR) is 91.4 cm³/mol. The molecule has 1 aromatic rings. The first kappa shape index (κ1) is 18.9. The third-order valence-electron chi connectivity index (χ3n) is 4.09. The van der Waals surface area contributed by atoms with E-state index in [1.54, 1.807) is 13.0 Å². The summed E-state index contributed by atoms with van der Waals surface area (Å²) < 4.78 is 0. The van der Waals surface area contributed by atoms with Crippen LogP contribution in [0.4, 0.5) is 0 Å². The summed E-state index contributed by atoms with van der Waals surface area (Å²) in [4.78, 5) is 26.9. The fourth-order valence-corrected chi connectivity index (χ4v) is 3.20. The highest BCUT2D eigenvalue weighted by Gasteiger charge is 2.36. The molecule has 0 radical (unpaired) electrons. The molecule has 3 N–H and O–H groups in total. The Morgan fingerprint density at radius 1 is 1.50 bits per heavy atom. The second kappa shape index (κ2) is 7.44. The normalized spacial score (nSPS) is 21.6. The Kier molecular flexibility index (Phi) is 6.40. The molecule has 124 valence electrons. The lowest BCUT2D eigenvalue weighted by Gasteiger charge is -2.43. The Morgan fingerprint density at radius 2 is 2.18 bits per heavy atom. The molecule has 5 nitrogen and oxygen atoms in total. The van der Waals surface area contributed by atoms with E-state index in [1.807, 2.05) is 16.3 Å². The number of nitrogens with zero attached hydrogens (tertiary/aromatic N) is 1. The summed E-state index contributed by atoms with van der Waals surface area (Å²) in [5.41, 5.74) is 6.00.